The van der Waals surface area contributed by atoms with Gasteiger partial charge in [0.15, 0.2) is 15.5 Å². The Hall–Kier alpha value is -1.14. The molecule has 2 aromatic rings. The number of rotatable bonds is 5. The Morgan fingerprint density at radius 3 is 2.52 bits per heavy atom. The number of pyridine rings is 1. The molecule has 2 heterocycles. The normalized spacial score (nSPS) is 13.0. The molecule has 0 unspecified atom stereocenters. The van der Waals surface area contributed by atoms with Gasteiger partial charge in [0.25, 0.3) is 0 Å². The summed E-state index contributed by atoms with van der Waals surface area (Å²) in [4.78, 5) is 9.04. The van der Waals surface area contributed by atoms with E-state index in [0.717, 1.165) is 17.0 Å². The summed E-state index contributed by atoms with van der Waals surface area (Å²) in [6.07, 6.45) is 1.84. The molecule has 0 amide bonds. The highest BCUT2D eigenvalue weighted by atomic mass is 35.5. The number of alkyl halides is 1. The molecule has 21 heavy (non-hydrogen) atoms. The molecule has 0 aliphatic heterocycles. The summed E-state index contributed by atoms with van der Waals surface area (Å²) in [6, 6.07) is 3.80. The zero-order valence-electron chi connectivity index (χ0n) is 12.7. The van der Waals surface area contributed by atoms with E-state index in [9.17, 15) is 8.42 Å². The van der Waals surface area contributed by atoms with E-state index in [1.807, 2.05) is 23.6 Å². The zero-order chi connectivity index (χ0) is 15.8. The fraction of sp³-hybridized carbons (Fsp3) is 0.571. The second-order valence-corrected chi connectivity index (χ2v) is 8.91. The van der Waals surface area contributed by atoms with Crippen LogP contribution >= 0.6 is 11.6 Å². The van der Waals surface area contributed by atoms with Crippen molar-refractivity contribution >= 4 is 32.6 Å². The maximum atomic E-state index is 12.0. The first kappa shape index (κ1) is 16.2. The Labute approximate surface area is 130 Å². The summed E-state index contributed by atoms with van der Waals surface area (Å²) in [5, 5.41) is 0. The van der Waals surface area contributed by atoms with Crippen LogP contribution in [0, 0.1) is 6.92 Å². The first-order valence-corrected chi connectivity index (χ1v) is 9.16. The van der Waals surface area contributed by atoms with Crippen LogP contribution in [-0.4, -0.2) is 39.8 Å². The predicted molar refractivity (Wildman–Crippen MR) is 85.6 cm³/mol. The number of fused-ring (bicyclic) bond motifs is 1. The van der Waals surface area contributed by atoms with Gasteiger partial charge in [0.1, 0.15) is 11.3 Å². The Morgan fingerprint density at radius 1 is 1.29 bits per heavy atom. The average molecular weight is 330 g/mol. The van der Waals surface area contributed by atoms with Gasteiger partial charge in [0.05, 0.1) is 4.75 Å². The van der Waals surface area contributed by atoms with Crippen LogP contribution in [-0.2, 0) is 22.8 Å². The molecule has 2 rings (SSSR count). The molecule has 0 N–H and O–H groups in total. The van der Waals surface area contributed by atoms with Gasteiger partial charge in [0.2, 0.25) is 0 Å². The van der Waals surface area contributed by atoms with Crippen LogP contribution < -0.4 is 0 Å². The number of imidazole rings is 1. The molecule has 0 aromatic carbocycles. The predicted octanol–water partition coefficient (Wildman–Crippen LogP) is 2.34. The summed E-state index contributed by atoms with van der Waals surface area (Å²) >= 11 is 5.84. The molecular weight excluding hydrogens is 310 g/mol. The summed E-state index contributed by atoms with van der Waals surface area (Å²) < 4.78 is 24.9. The van der Waals surface area contributed by atoms with Crippen molar-refractivity contribution in [2.75, 3.05) is 12.1 Å². The minimum Gasteiger partial charge on any atom is -0.311 e. The van der Waals surface area contributed by atoms with E-state index in [0.29, 0.717) is 24.5 Å². The van der Waals surface area contributed by atoms with Gasteiger partial charge < -0.3 is 4.57 Å². The quantitative estimate of drug-likeness (QED) is 0.790. The maximum absolute atomic E-state index is 12.0. The summed E-state index contributed by atoms with van der Waals surface area (Å²) in [7, 11) is -3.20. The number of halogens is 1. The topological polar surface area (TPSA) is 64.8 Å². The van der Waals surface area contributed by atoms with Gasteiger partial charge in [-0.1, -0.05) is 0 Å². The minimum atomic E-state index is -3.20. The largest absolute Gasteiger partial charge is 0.311 e. The maximum Gasteiger partial charge on any atom is 0.160 e. The molecule has 0 fully saturated rings. The van der Waals surface area contributed by atoms with Crippen LogP contribution in [0.1, 0.15) is 25.4 Å². The molecule has 0 saturated heterocycles. The van der Waals surface area contributed by atoms with E-state index in [-0.39, 0.29) is 0 Å². The van der Waals surface area contributed by atoms with Crippen molar-refractivity contribution in [3.63, 3.8) is 0 Å². The molecule has 0 radical (unpaired) electrons. The Morgan fingerprint density at radius 2 is 1.95 bits per heavy atom. The molecule has 7 heteroatoms. The Balaban J connectivity index is 2.60. The Bertz CT molecular complexity index is 766. The van der Waals surface area contributed by atoms with Gasteiger partial charge in [-0.15, -0.1) is 11.6 Å². The Kier molecular flexibility index (Phi) is 4.31. The van der Waals surface area contributed by atoms with Crippen LogP contribution in [0.2, 0.25) is 0 Å². The highest BCUT2D eigenvalue weighted by Gasteiger charge is 2.32. The van der Waals surface area contributed by atoms with Gasteiger partial charge in [-0.2, -0.15) is 0 Å². The van der Waals surface area contributed by atoms with Gasteiger partial charge in [-0.3, -0.25) is 0 Å². The molecule has 2 aromatic heterocycles. The molecule has 116 valence electrons. The number of aryl methyl sites for hydroxylation is 2. The fourth-order valence-corrected chi connectivity index (χ4v) is 2.62. The smallest absolute Gasteiger partial charge is 0.160 e. The van der Waals surface area contributed by atoms with E-state index in [4.69, 9.17) is 11.6 Å². The first-order valence-electron chi connectivity index (χ1n) is 6.74. The number of sulfone groups is 1. The highest BCUT2D eigenvalue weighted by molar-refractivity contribution is 7.92. The van der Waals surface area contributed by atoms with E-state index < -0.39 is 14.6 Å². The number of nitrogens with zero attached hydrogens (tertiary/aromatic N) is 3. The van der Waals surface area contributed by atoms with Crippen molar-refractivity contribution in [3.05, 3.63) is 23.7 Å². The zero-order valence-corrected chi connectivity index (χ0v) is 14.3. The number of hydrogen-bond acceptors (Lipinski definition) is 4. The lowest BCUT2D eigenvalue weighted by molar-refractivity contribution is 0.499. The highest BCUT2D eigenvalue weighted by Crippen LogP contribution is 2.23. The molecule has 5 nitrogen and oxygen atoms in total. The van der Waals surface area contributed by atoms with E-state index >= 15 is 0 Å². The lowest BCUT2D eigenvalue weighted by Crippen LogP contribution is -2.36. The SMILES string of the molecule is Cc1ccc2nc(CCCl)n(CC(C)(C)S(C)(=O)=O)c2n1. The van der Waals surface area contributed by atoms with E-state index in [1.54, 1.807) is 13.8 Å². The molecular formula is C14H20ClN3O2S. The van der Waals surface area contributed by atoms with Crippen molar-refractivity contribution in [1.29, 1.82) is 0 Å². The molecule has 0 bridgehead atoms. The van der Waals surface area contributed by atoms with Gasteiger partial charge in [-0.05, 0) is 32.9 Å². The van der Waals surface area contributed by atoms with Crippen LogP contribution in [0.3, 0.4) is 0 Å². The monoisotopic (exact) mass is 329 g/mol. The molecule has 0 spiro atoms. The lowest BCUT2D eigenvalue weighted by Gasteiger charge is -2.24. The molecule has 0 saturated carbocycles. The van der Waals surface area contributed by atoms with Crippen molar-refractivity contribution in [1.82, 2.24) is 14.5 Å². The third-order valence-corrected chi connectivity index (χ3v) is 6.00. The van der Waals surface area contributed by atoms with Crippen LogP contribution in [0.25, 0.3) is 11.2 Å². The summed E-state index contributed by atoms with van der Waals surface area (Å²) in [6.45, 7) is 5.65. The van der Waals surface area contributed by atoms with E-state index in [1.165, 1.54) is 6.26 Å². The second-order valence-electron chi connectivity index (χ2n) is 5.88. The van der Waals surface area contributed by atoms with E-state index in [2.05, 4.69) is 9.97 Å². The van der Waals surface area contributed by atoms with Gasteiger partial charge in [-0.25, -0.2) is 18.4 Å². The van der Waals surface area contributed by atoms with Crippen molar-refractivity contribution in [2.45, 2.75) is 38.5 Å². The summed E-state index contributed by atoms with van der Waals surface area (Å²) in [5.41, 5.74) is 2.36. The average Bonchev–Trinajstić information content (AvgIpc) is 2.66. The van der Waals surface area contributed by atoms with Crippen molar-refractivity contribution in [3.8, 4) is 0 Å². The lowest BCUT2D eigenvalue weighted by atomic mass is 10.2. The first-order chi connectivity index (χ1) is 9.65. The molecule has 0 aliphatic rings. The third kappa shape index (κ3) is 3.21. The summed E-state index contributed by atoms with van der Waals surface area (Å²) in [5.74, 6) is 1.21. The molecule has 0 atom stereocenters. The van der Waals surface area contributed by atoms with Crippen LogP contribution in [0.5, 0.6) is 0 Å². The third-order valence-electron chi connectivity index (χ3n) is 3.67. The molecule has 0 aliphatic carbocycles. The van der Waals surface area contributed by atoms with Crippen molar-refractivity contribution in [2.24, 2.45) is 0 Å². The minimum absolute atomic E-state index is 0.311. The van der Waals surface area contributed by atoms with Crippen molar-refractivity contribution < 1.29 is 8.42 Å². The van der Waals surface area contributed by atoms with Gasteiger partial charge >= 0.3 is 0 Å². The number of aromatic nitrogens is 3. The van der Waals surface area contributed by atoms with Crippen LogP contribution in [0.15, 0.2) is 12.1 Å². The van der Waals surface area contributed by atoms with Gasteiger partial charge in [0, 0.05) is 30.8 Å². The fourth-order valence-electron chi connectivity index (χ4n) is 2.08. The number of hydrogen-bond donors (Lipinski definition) is 0. The standard InChI is InChI=1S/C14H20ClN3O2S/c1-10-5-6-11-13(16-10)18(12(17-11)7-8-15)9-14(2,3)21(4,19)20/h5-6H,7-9H2,1-4H3. The second kappa shape index (κ2) is 5.57. The van der Waals surface area contributed by atoms with Crippen LogP contribution in [0.4, 0.5) is 0 Å².